The van der Waals surface area contributed by atoms with Gasteiger partial charge in [0.25, 0.3) is 0 Å². The summed E-state index contributed by atoms with van der Waals surface area (Å²) >= 11 is -0.621. The Morgan fingerprint density at radius 1 is 1.23 bits per heavy atom. The summed E-state index contributed by atoms with van der Waals surface area (Å²) in [5.41, 5.74) is 6.07. The first-order valence-corrected chi connectivity index (χ1v) is 9.97. The summed E-state index contributed by atoms with van der Waals surface area (Å²) in [5.74, 6) is 0. The fourth-order valence-electron chi connectivity index (χ4n) is 3.05. The van der Waals surface area contributed by atoms with Crippen LogP contribution in [0.25, 0.3) is 6.08 Å². The Labute approximate surface area is 157 Å². The van der Waals surface area contributed by atoms with Crippen molar-refractivity contribution >= 4 is 6.08 Å². The number of hydrogen-bond acceptors (Lipinski definition) is 1. The molecule has 0 saturated carbocycles. The molecule has 1 aromatic carbocycles. The van der Waals surface area contributed by atoms with Crippen molar-refractivity contribution in [1.29, 1.82) is 0 Å². The van der Waals surface area contributed by atoms with Gasteiger partial charge in [-0.05, 0) is 0 Å². The van der Waals surface area contributed by atoms with Gasteiger partial charge in [-0.15, -0.1) is 0 Å². The average molecular weight is 414 g/mol. The zero-order chi connectivity index (χ0) is 13.9. The fraction of sp³-hybridized carbons (Fsp3) is 0.333. The van der Waals surface area contributed by atoms with Gasteiger partial charge in [0.05, 0.1) is 0 Å². The molecule has 0 radical (unpaired) electrons. The zero-order valence-electron chi connectivity index (χ0n) is 12.7. The Hall–Kier alpha value is -0.137. The third-order valence-electron chi connectivity index (χ3n) is 4.10. The van der Waals surface area contributed by atoms with E-state index >= 15 is 0 Å². The van der Waals surface area contributed by atoms with Crippen LogP contribution in [-0.4, -0.2) is 11.7 Å². The van der Waals surface area contributed by atoms with Gasteiger partial charge in [-0.25, -0.2) is 0 Å². The van der Waals surface area contributed by atoms with E-state index < -0.39 is 23.2 Å². The first-order valence-electron chi connectivity index (χ1n) is 7.32. The molecule has 0 bridgehead atoms. The van der Waals surface area contributed by atoms with Gasteiger partial charge in [-0.2, -0.15) is 0 Å². The molecule has 0 spiro atoms. The second-order valence-corrected chi connectivity index (χ2v) is 9.14. The smallest absolute Gasteiger partial charge is 1.00 e. The van der Waals surface area contributed by atoms with E-state index in [9.17, 15) is 0 Å². The molecule has 0 aromatic heterocycles. The number of allylic oxidation sites excluding steroid dienone is 5. The molecule has 0 saturated heterocycles. The maximum absolute atomic E-state index is 9.03. The van der Waals surface area contributed by atoms with Crippen LogP contribution >= 0.6 is 0 Å². The van der Waals surface area contributed by atoms with E-state index in [0.717, 1.165) is 12.8 Å². The molecule has 2 aliphatic rings. The Bertz CT molecular complexity index is 605. The summed E-state index contributed by atoms with van der Waals surface area (Å²) in [6, 6.07) is 8.86. The SMILES string of the molecule is CC1=Cc2ccccc2[CH]1[Zr+2][C]1=C(CCCO)C=CC1.[Cl-].[Cl-]. The maximum Gasteiger partial charge on any atom is -1.00 e. The van der Waals surface area contributed by atoms with Gasteiger partial charge in [0, 0.05) is 0 Å². The number of fused-ring (bicyclic) bond motifs is 1. The number of halogens is 2. The van der Waals surface area contributed by atoms with Crippen LogP contribution in [0.2, 0.25) is 0 Å². The summed E-state index contributed by atoms with van der Waals surface area (Å²) in [6.07, 6.45) is 10.1. The second kappa shape index (κ2) is 9.23. The fourth-order valence-corrected chi connectivity index (χ4v) is 7.25. The van der Waals surface area contributed by atoms with E-state index in [2.05, 4.69) is 49.4 Å². The van der Waals surface area contributed by atoms with Crippen LogP contribution < -0.4 is 24.8 Å². The standard InChI is InChI=1S/C10H9.C8H11O.2ClH.Zr/c1-8-6-9-4-2-3-5-10(9)7-8;9-7-3-6-8-4-1-2-5-8;;;/h2-7H,1H3;1,4,9H,2-3,6-7H2;2*1H;/q;;;;+2/p-2. The molecule has 1 atom stereocenters. The normalized spacial score (nSPS) is 18.3. The van der Waals surface area contributed by atoms with Crippen molar-refractivity contribution in [2.75, 3.05) is 6.61 Å². The van der Waals surface area contributed by atoms with Crippen LogP contribution in [0.4, 0.5) is 0 Å². The molecule has 0 aliphatic heterocycles. The van der Waals surface area contributed by atoms with Crippen LogP contribution in [0, 0.1) is 0 Å². The molecule has 1 unspecified atom stereocenters. The zero-order valence-corrected chi connectivity index (χ0v) is 16.6. The number of rotatable bonds is 5. The quantitative estimate of drug-likeness (QED) is 0.604. The molecule has 22 heavy (non-hydrogen) atoms. The molecule has 116 valence electrons. The molecule has 1 nitrogen and oxygen atoms in total. The molecule has 2 aliphatic carbocycles. The summed E-state index contributed by atoms with van der Waals surface area (Å²) < 4.78 is 2.45. The summed E-state index contributed by atoms with van der Waals surface area (Å²) in [7, 11) is 0. The first-order chi connectivity index (χ1) is 9.79. The van der Waals surface area contributed by atoms with Crippen LogP contribution in [0.5, 0.6) is 0 Å². The largest absolute Gasteiger partial charge is 1.00 e. The predicted octanol–water partition coefficient (Wildman–Crippen LogP) is -1.78. The Balaban J connectivity index is 0.00000121. The van der Waals surface area contributed by atoms with Gasteiger partial charge in [0.1, 0.15) is 0 Å². The van der Waals surface area contributed by atoms with Gasteiger partial charge < -0.3 is 24.8 Å². The maximum atomic E-state index is 9.03. The summed E-state index contributed by atoms with van der Waals surface area (Å²) in [4.78, 5) is 0. The van der Waals surface area contributed by atoms with Crippen molar-refractivity contribution in [3.05, 3.63) is 62.0 Å². The van der Waals surface area contributed by atoms with Gasteiger partial charge in [0.15, 0.2) is 0 Å². The molecule has 0 amide bonds. The predicted molar refractivity (Wildman–Crippen MR) is 79.9 cm³/mol. The number of aliphatic hydroxyl groups excluding tert-OH is 1. The van der Waals surface area contributed by atoms with Crippen molar-refractivity contribution in [3.63, 3.8) is 0 Å². The van der Waals surface area contributed by atoms with E-state index in [4.69, 9.17) is 5.11 Å². The third kappa shape index (κ3) is 4.23. The van der Waals surface area contributed by atoms with E-state index in [0.29, 0.717) is 10.2 Å². The summed E-state index contributed by atoms with van der Waals surface area (Å²) in [5, 5.41) is 9.03. The van der Waals surface area contributed by atoms with E-state index in [1.54, 1.807) is 14.4 Å². The molecule has 4 heteroatoms. The van der Waals surface area contributed by atoms with Crippen LogP contribution in [0.1, 0.15) is 40.9 Å². The number of hydrogen-bond donors (Lipinski definition) is 1. The number of aliphatic hydroxyl groups is 1. The van der Waals surface area contributed by atoms with E-state index in [-0.39, 0.29) is 24.8 Å². The molecule has 0 heterocycles. The Morgan fingerprint density at radius 3 is 2.77 bits per heavy atom. The Kier molecular flexibility index (Phi) is 8.35. The molecule has 0 fully saturated rings. The van der Waals surface area contributed by atoms with Crippen molar-refractivity contribution in [3.8, 4) is 0 Å². The first kappa shape index (κ1) is 19.9. The van der Waals surface area contributed by atoms with Gasteiger partial charge in [-0.3, -0.25) is 0 Å². The minimum absolute atomic E-state index is 0. The van der Waals surface area contributed by atoms with Crippen LogP contribution in [0.3, 0.4) is 0 Å². The van der Waals surface area contributed by atoms with Crippen molar-refractivity contribution in [2.45, 2.75) is 29.8 Å². The van der Waals surface area contributed by atoms with Crippen molar-refractivity contribution in [1.82, 2.24) is 0 Å². The van der Waals surface area contributed by atoms with Gasteiger partial charge in [-0.1, -0.05) is 0 Å². The van der Waals surface area contributed by atoms with E-state index in [1.165, 1.54) is 17.6 Å². The van der Waals surface area contributed by atoms with E-state index in [1.807, 2.05) is 0 Å². The molecular weight excluding hydrogens is 394 g/mol. The second-order valence-electron chi connectivity index (χ2n) is 5.53. The van der Waals surface area contributed by atoms with Crippen molar-refractivity contribution in [2.24, 2.45) is 0 Å². The van der Waals surface area contributed by atoms with Gasteiger partial charge in [0.2, 0.25) is 0 Å². The minimum Gasteiger partial charge on any atom is -1.00 e. The summed E-state index contributed by atoms with van der Waals surface area (Å²) in [6.45, 7) is 2.60. The molecule has 1 N–H and O–H groups in total. The van der Waals surface area contributed by atoms with Crippen LogP contribution in [-0.2, 0) is 23.2 Å². The third-order valence-corrected chi connectivity index (χ3v) is 8.84. The Morgan fingerprint density at radius 2 is 2.00 bits per heavy atom. The topological polar surface area (TPSA) is 20.2 Å². The molecule has 3 rings (SSSR count). The number of benzene rings is 1. The molecular formula is C18H20Cl2OZr. The average Bonchev–Trinajstić information content (AvgIpc) is 3.02. The van der Waals surface area contributed by atoms with Gasteiger partial charge >= 0.3 is 133 Å². The monoisotopic (exact) mass is 412 g/mol. The van der Waals surface area contributed by atoms with Crippen LogP contribution in [0.15, 0.2) is 50.8 Å². The molecule has 1 aromatic rings. The van der Waals surface area contributed by atoms with Crippen molar-refractivity contribution < 1.29 is 53.2 Å². The minimum atomic E-state index is -0.621.